The zero-order chi connectivity index (χ0) is 9.14. The molecule has 0 saturated heterocycles. The summed E-state index contributed by atoms with van der Waals surface area (Å²) in [7, 11) is 1.43. The van der Waals surface area contributed by atoms with Gasteiger partial charge in [-0.2, -0.15) is 0 Å². The fourth-order valence-corrected chi connectivity index (χ4v) is 1.11. The third-order valence-corrected chi connectivity index (χ3v) is 2.07. The molecule has 4 nitrogen and oxygen atoms in total. The first-order valence-corrected chi connectivity index (χ1v) is 4.16. The van der Waals surface area contributed by atoms with E-state index in [0.29, 0.717) is 12.3 Å². The van der Waals surface area contributed by atoms with Crippen LogP contribution in [0.4, 0.5) is 0 Å². The first kappa shape index (κ1) is 9.19. The predicted octanol–water partition coefficient (Wildman–Crippen LogP) is -0.571. The average molecular weight is 170 g/mol. The molecular formula is C8H14N2O2. The van der Waals surface area contributed by atoms with Crippen molar-refractivity contribution >= 4 is 11.7 Å². The van der Waals surface area contributed by atoms with Crippen LogP contribution in [0.3, 0.4) is 0 Å². The van der Waals surface area contributed by atoms with Gasteiger partial charge in [-0.1, -0.05) is 12.8 Å². The van der Waals surface area contributed by atoms with Gasteiger partial charge in [-0.15, -0.1) is 0 Å². The van der Waals surface area contributed by atoms with E-state index in [2.05, 4.69) is 5.32 Å². The summed E-state index contributed by atoms with van der Waals surface area (Å²) in [5, 5.41) is 2.27. The third kappa shape index (κ3) is 2.30. The first-order chi connectivity index (χ1) is 5.65. The zero-order valence-corrected chi connectivity index (χ0v) is 7.17. The highest BCUT2D eigenvalue weighted by Gasteiger charge is 2.29. The normalized spacial score (nSPS) is 18.5. The van der Waals surface area contributed by atoms with E-state index in [1.807, 2.05) is 0 Å². The van der Waals surface area contributed by atoms with Crippen molar-refractivity contribution in [2.24, 2.45) is 11.7 Å². The first-order valence-electron chi connectivity index (χ1n) is 4.16. The summed E-state index contributed by atoms with van der Waals surface area (Å²) in [5.74, 6) is -0.499. The lowest BCUT2D eigenvalue weighted by Crippen LogP contribution is -2.41. The molecule has 0 aromatic rings. The maximum absolute atomic E-state index is 11.1. The maximum atomic E-state index is 11.1. The van der Waals surface area contributed by atoms with Crippen molar-refractivity contribution in [1.29, 1.82) is 0 Å². The molecule has 1 atom stereocenters. The van der Waals surface area contributed by atoms with Crippen LogP contribution in [0.1, 0.15) is 19.3 Å². The Balaban J connectivity index is 2.33. The molecule has 3 N–H and O–H groups in total. The maximum Gasteiger partial charge on any atom is 0.288 e. The molecule has 4 heteroatoms. The van der Waals surface area contributed by atoms with Crippen LogP contribution in [0, 0.1) is 5.92 Å². The molecule has 1 amide bonds. The molecule has 0 spiro atoms. The molecule has 0 aliphatic heterocycles. The molecule has 0 heterocycles. The number of hydrogen-bond acceptors (Lipinski definition) is 3. The Hall–Kier alpha value is -0.900. The minimum absolute atomic E-state index is 0.496. The quantitative estimate of drug-likeness (QED) is 0.555. The third-order valence-electron chi connectivity index (χ3n) is 2.07. The number of amides is 1. The van der Waals surface area contributed by atoms with Crippen molar-refractivity contribution in [1.82, 2.24) is 5.32 Å². The summed E-state index contributed by atoms with van der Waals surface area (Å²) in [6, 6.07) is -0.600. The SMILES string of the molecule is CNC(=O)C(=O)C(N)CC1CC1. The number of carbonyl (C=O) groups excluding carboxylic acids is 2. The minimum atomic E-state index is -0.600. The van der Waals surface area contributed by atoms with Crippen molar-refractivity contribution in [2.45, 2.75) is 25.3 Å². The van der Waals surface area contributed by atoms with E-state index < -0.39 is 17.7 Å². The van der Waals surface area contributed by atoms with Gasteiger partial charge in [0, 0.05) is 7.05 Å². The zero-order valence-electron chi connectivity index (χ0n) is 7.17. The molecule has 0 aromatic heterocycles. The molecule has 1 saturated carbocycles. The second-order valence-corrected chi connectivity index (χ2v) is 3.23. The molecule has 1 aliphatic rings. The highest BCUT2D eigenvalue weighted by Crippen LogP contribution is 2.33. The number of carbonyl (C=O) groups is 2. The molecule has 1 unspecified atom stereocenters. The number of hydrogen-bond donors (Lipinski definition) is 2. The molecule has 1 aliphatic carbocycles. The summed E-state index contributed by atoms with van der Waals surface area (Å²) in [6.45, 7) is 0. The van der Waals surface area contributed by atoms with Gasteiger partial charge in [0.05, 0.1) is 6.04 Å². The number of nitrogens with one attached hydrogen (secondary N) is 1. The summed E-state index contributed by atoms with van der Waals surface area (Å²) >= 11 is 0. The summed E-state index contributed by atoms with van der Waals surface area (Å²) in [5.41, 5.74) is 5.52. The van der Waals surface area contributed by atoms with Crippen LogP contribution in [0.25, 0.3) is 0 Å². The van der Waals surface area contributed by atoms with Crippen LogP contribution in [0.15, 0.2) is 0 Å². The van der Waals surface area contributed by atoms with Gasteiger partial charge in [0.25, 0.3) is 5.91 Å². The largest absolute Gasteiger partial charge is 0.353 e. The lowest BCUT2D eigenvalue weighted by atomic mass is 10.1. The van der Waals surface area contributed by atoms with Crippen LogP contribution in [0.2, 0.25) is 0 Å². The summed E-state index contributed by atoms with van der Waals surface area (Å²) in [4.78, 5) is 21.9. The standard InChI is InChI=1S/C8H14N2O2/c1-10-8(12)7(11)6(9)4-5-2-3-5/h5-6H,2-4,9H2,1H3,(H,10,12). The van der Waals surface area contributed by atoms with E-state index >= 15 is 0 Å². The van der Waals surface area contributed by atoms with Gasteiger partial charge < -0.3 is 11.1 Å². The van der Waals surface area contributed by atoms with E-state index in [1.54, 1.807) is 0 Å². The highest BCUT2D eigenvalue weighted by molar-refractivity contribution is 6.38. The Kier molecular flexibility index (Phi) is 2.81. The van der Waals surface area contributed by atoms with Crippen molar-refractivity contribution < 1.29 is 9.59 Å². The van der Waals surface area contributed by atoms with Gasteiger partial charge in [-0.3, -0.25) is 9.59 Å². The second kappa shape index (κ2) is 3.67. The topological polar surface area (TPSA) is 72.2 Å². The summed E-state index contributed by atoms with van der Waals surface area (Å²) < 4.78 is 0. The van der Waals surface area contributed by atoms with Crippen LogP contribution in [0.5, 0.6) is 0 Å². The van der Waals surface area contributed by atoms with Gasteiger partial charge in [0.15, 0.2) is 0 Å². The number of likely N-dealkylation sites (N-methyl/N-ethyl adjacent to an activating group) is 1. The van der Waals surface area contributed by atoms with Gasteiger partial charge in [0.2, 0.25) is 5.78 Å². The predicted molar refractivity (Wildman–Crippen MR) is 44.4 cm³/mol. The lowest BCUT2D eigenvalue weighted by Gasteiger charge is -2.07. The van der Waals surface area contributed by atoms with Crippen LogP contribution >= 0.6 is 0 Å². The van der Waals surface area contributed by atoms with Crippen LogP contribution in [-0.4, -0.2) is 24.8 Å². The van der Waals surface area contributed by atoms with E-state index in [-0.39, 0.29) is 0 Å². The van der Waals surface area contributed by atoms with Crippen molar-refractivity contribution in [3.8, 4) is 0 Å². The molecule has 0 bridgehead atoms. The van der Waals surface area contributed by atoms with Gasteiger partial charge in [-0.25, -0.2) is 0 Å². The summed E-state index contributed by atoms with van der Waals surface area (Å²) in [6.07, 6.45) is 2.95. The molecule has 1 fully saturated rings. The van der Waals surface area contributed by atoms with E-state index in [4.69, 9.17) is 5.73 Å². The highest BCUT2D eigenvalue weighted by atomic mass is 16.2. The van der Waals surface area contributed by atoms with E-state index in [0.717, 1.165) is 12.8 Å². The molecule has 12 heavy (non-hydrogen) atoms. The lowest BCUT2D eigenvalue weighted by molar-refractivity contribution is -0.138. The Morgan fingerprint density at radius 3 is 2.58 bits per heavy atom. The Morgan fingerprint density at radius 2 is 2.17 bits per heavy atom. The number of ketones is 1. The van der Waals surface area contributed by atoms with Gasteiger partial charge in [-0.05, 0) is 12.3 Å². The van der Waals surface area contributed by atoms with E-state index in [9.17, 15) is 9.59 Å². The van der Waals surface area contributed by atoms with Crippen LogP contribution < -0.4 is 11.1 Å². The van der Waals surface area contributed by atoms with Gasteiger partial charge >= 0.3 is 0 Å². The number of rotatable bonds is 4. The Bertz CT molecular complexity index is 199. The smallest absolute Gasteiger partial charge is 0.288 e. The van der Waals surface area contributed by atoms with Gasteiger partial charge in [0.1, 0.15) is 0 Å². The minimum Gasteiger partial charge on any atom is -0.353 e. The molecule has 1 rings (SSSR count). The second-order valence-electron chi connectivity index (χ2n) is 3.23. The molecule has 0 aromatic carbocycles. The number of nitrogens with two attached hydrogens (primary N) is 1. The van der Waals surface area contributed by atoms with Crippen molar-refractivity contribution in [2.75, 3.05) is 7.05 Å². The van der Waals surface area contributed by atoms with Crippen LogP contribution in [-0.2, 0) is 9.59 Å². The Morgan fingerprint density at radius 1 is 1.58 bits per heavy atom. The number of Topliss-reactive ketones (excluding diaryl/α,β-unsaturated/α-hetero) is 1. The molecule has 68 valence electrons. The fourth-order valence-electron chi connectivity index (χ4n) is 1.11. The van der Waals surface area contributed by atoms with Crippen molar-refractivity contribution in [3.63, 3.8) is 0 Å². The Labute approximate surface area is 71.5 Å². The molecular weight excluding hydrogens is 156 g/mol. The van der Waals surface area contributed by atoms with Crippen molar-refractivity contribution in [3.05, 3.63) is 0 Å². The van der Waals surface area contributed by atoms with E-state index in [1.165, 1.54) is 7.05 Å². The monoisotopic (exact) mass is 170 g/mol. The average Bonchev–Trinajstić information content (AvgIpc) is 2.85. The fraction of sp³-hybridized carbons (Fsp3) is 0.750. The molecule has 0 radical (unpaired) electrons.